The third-order valence-corrected chi connectivity index (χ3v) is 4.30. The first-order chi connectivity index (χ1) is 12.4. The average Bonchev–Trinajstić information content (AvgIpc) is 2.99. The van der Waals surface area contributed by atoms with Gasteiger partial charge in [-0.2, -0.15) is 4.98 Å². The maximum Gasteiger partial charge on any atom is 0.329 e. The van der Waals surface area contributed by atoms with Crippen LogP contribution in [0.4, 0.5) is 5.95 Å². The number of aromatic nitrogens is 4. The third-order valence-electron chi connectivity index (χ3n) is 4.15. The van der Waals surface area contributed by atoms with Crippen LogP contribution >= 0.6 is 11.6 Å². The number of nitrogens with one attached hydrogen (secondary N) is 1. The van der Waals surface area contributed by atoms with Crippen molar-refractivity contribution >= 4 is 28.7 Å². The Morgan fingerprint density at radius 3 is 2.65 bits per heavy atom. The molecule has 0 unspecified atom stereocenters. The Morgan fingerprint density at radius 2 is 2.00 bits per heavy atom. The van der Waals surface area contributed by atoms with Gasteiger partial charge < -0.3 is 9.47 Å². The molecule has 0 atom stereocenters. The van der Waals surface area contributed by atoms with Crippen LogP contribution in [-0.2, 0) is 20.1 Å². The molecule has 2 heterocycles. The summed E-state index contributed by atoms with van der Waals surface area (Å²) < 4.78 is 3.10. The molecule has 3 rings (SSSR count). The minimum atomic E-state index is -0.492. The van der Waals surface area contributed by atoms with Crippen molar-refractivity contribution < 1.29 is 0 Å². The topological polar surface area (TPSA) is 75.9 Å². The summed E-state index contributed by atoms with van der Waals surface area (Å²) in [5.41, 5.74) is 0.843. The molecule has 0 spiro atoms. The van der Waals surface area contributed by atoms with Crippen LogP contribution in [0.1, 0.15) is 12.5 Å². The van der Waals surface area contributed by atoms with Gasteiger partial charge in [0.2, 0.25) is 5.95 Å². The predicted octanol–water partition coefficient (Wildman–Crippen LogP) is 2.20. The Balaban J connectivity index is 2.16. The number of allylic oxidation sites excluding steroid dienone is 2. The van der Waals surface area contributed by atoms with Crippen LogP contribution in [0.2, 0.25) is 0 Å². The molecule has 0 radical (unpaired) electrons. The highest BCUT2D eigenvalue weighted by atomic mass is 35.5. The lowest BCUT2D eigenvalue weighted by molar-refractivity contribution is 0.774. The van der Waals surface area contributed by atoms with Gasteiger partial charge in [0.1, 0.15) is 0 Å². The first kappa shape index (κ1) is 18.0. The second kappa shape index (κ2) is 7.21. The zero-order valence-corrected chi connectivity index (χ0v) is 15.6. The van der Waals surface area contributed by atoms with Gasteiger partial charge >= 0.3 is 5.69 Å². The Bertz CT molecular complexity index is 1070. The van der Waals surface area contributed by atoms with E-state index >= 15 is 0 Å². The summed E-state index contributed by atoms with van der Waals surface area (Å²) in [7, 11) is 3.48. The first-order valence-electron chi connectivity index (χ1n) is 8.15. The molecule has 0 aliphatic heterocycles. The van der Waals surface area contributed by atoms with Crippen molar-refractivity contribution in [2.75, 3.05) is 11.9 Å². The molecular weight excluding hydrogens is 354 g/mol. The van der Waals surface area contributed by atoms with Gasteiger partial charge in [-0.05, 0) is 12.5 Å². The number of benzene rings is 1. The van der Waals surface area contributed by atoms with Crippen molar-refractivity contribution in [3.05, 3.63) is 67.8 Å². The minimum Gasteiger partial charge on any atom is -0.341 e. The van der Waals surface area contributed by atoms with Gasteiger partial charge in [0.25, 0.3) is 5.56 Å². The molecule has 0 aliphatic carbocycles. The quantitative estimate of drug-likeness (QED) is 0.744. The van der Waals surface area contributed by atoms with Crippen molar-refractivity contribution in [3.63, 3.8) is 0 Å². The second-order valence-electron chi connectivity index (χ2n) is 6.15. The lowest BCUT2D eigenvalue weighted by atomic mass is 10.2. The highest BCUT2D eigenvalue weighted by Gasteiger charge is 2.19. The molecule has 8 heteroatoms. The first-order valence-corrected chi connectivity index (χ1v) is 8.53. The normalized spacial score (nSPS) is 11.9. The molecule has 0 saturated heterocycles. The van der Waals surface area contributed by atoms with Gasteiger partial charge in [0.05, 0.1) is 0 Å². The van der Waals surface area contributed by atoms with E-state index in [-0.39, 0.29) is 0 Å². The second-order valence-corrected chi connectivity index (χ2v) is 6.74. The maximum absolute atomic E-state index is 12.4. The number of fused-ring (bicyclic) bond motifs is 1. The number of imidazole rings is 1. The van der Waals surface area contributed by atoms with E-state index in [0.717, 1.165) is 5.56 Å². The molecule has 3 aromatic rings. The van der Waals surface area contributed by atoms with Crippen LogP contribution < -0.4 is 16.1 Å². The van der Waals surface area contributed by atoms with Crippen LogP contribution in [0.15, 0.2) is 51.0 Å². The van der Waals surface area contributed by atoms with Crippen LogP contribution in [-0.4, -0.2) is 26.1 Å². The van der Waals surface area contributed by atoms with Crippen molar-refractivity contribution in [1.29, 1.82) is 0 Å². The Morgan fingerprint density at radius 1 is 1.31 bits per heavy atom. The average molecular weight is 374 g/mol. The highest BCUT2D eigenvalue weighted by Crippen LogP contribution is 2.20. The number of aryl methyl sites for hydroxylation is 1. The van der Waals surface area contributed by atoms with E-state index < -0.39 is 11.2 Å². The van der Waals surface area contributed by atoms with E-state index in [1.54, 1.807) is 24.6 Å². The molecule has 0 amide bonds. The van der Waals surface area contributed by atoms with E-state index in [1.807, 2.05) is 42.3 Å². The molecule has 136 valence electrons. The van der Waals surface area contributed by atoms with Gasteiger partial charge in [0.15, 0.2) is 11.2 Å². The van der Waals surface area contributed by atoms with E-state index in [9.17, 15) is 9.59 Å². The molecule has 0 fully saturated rings. The number of hydrogen-bond donors (Lipinski definition) is 1. The SMILES string of the molecule is CC(Cl)=CCn1c(N(C)Cc2ccccc2)nc2c1c(=O)[nH]c(=O)n2C. The Labute approximate surface area is 155 Å². The van der Waals surface area contributed by atoms with Gasteiger partial charge in [0, 0.05) is 32.2 Å². The van der Waals surface area contributed by atoms with Gasteiger partial charge in [-0.1, -0.05) is 48.0 Å². The number of aromatic amines is 1. The van der Waals surface area contributed by atoms with Crippen LogP contribution in [0.5, 0.6) is 0 Å². The van der Waals surface area contributed by atoms with Crippen LogP contribution in [0.25, 0.3) is 11.2 Å². The molecular formula is C18H20ClN5O2. The lowest BCUT2D eigenvalue weighted by Crippen LogP contribution is -2.29. The smallest absolute Gasteiger partial charge is 0.329 e. The van der Waals surface area contributed by atoms with E-state index in [2.05, 4.69) is 9.97 Å². The van der Waals surface area contributed by atoms with Gasteiger partial charge in [-0.15, -0.1) is 0 Å². The highest BCUT2D eigenvalue weighted by molar-refractivity contribution is 6.29. The number of hydrogen-bond acceptors (Lipinski definition) is 4. The van der Waals surface area contributed by atoms with E-state index in [0.29, 0.717) is 35.2 Å². The lowest BCUT2D eigenvalue weighted by Gasteiger charge is -2.19. The zero-order valence-electron chi connectivity index (χ0n) is 14.9. The standard InChI is InChI=1S/C18H20ClN5O2/c1-12(19)9-10-24-14-15(23(3)18(26)21-16(14)25)20-17(24)22(2)11-13-7-5-4-6-8-13/h4-9H,10-11H2,1-3H3,(H,21,25,26). The summed E-state index contributed by atoms with van der Waals surface area (Å²) in [6.45, 7) is 2.76. The Kier molecular flexibility index (Phi) is 4.99. The summed E-state index contributed by atoms with van der Waals surface area (Å²) in [5.74, 6) is 0.588. The maximum atomic E-state index is 12.4. The van der Waals surface area contributed by atoms with Crippen LogP contribution in [0.3, 0.4) is 0 Å². The third kappa shape index (κ3) is 3.43. The fraction of sp³-hybridized carbons (Fsp3) is 0.278. The number of halogens is 1. The van der Waals surface area contributed by atoms with Gasteiger partial charge in [-0.25, -0.2) is 4.79 Å². The van der Waals surface area contributed by atoms with Crippen molar-refractivity contribution in [2.24, 2.45) is 7.05 Å². The van der Waals surface area contributed by atoms with Crippen molar-refractivity contribution in [2.45, 2.75) is 20.0 Å². The monoisotopic (exact) mass is 373 g/mol. The summed E-state index contributed by atoms with van der Waals surface area (Å²) in [6, 6.07) is 9.95. The molecule has 26 heavy (non-hydrogen) atoms. The molecule has 0 bridgehead atoms. The summed E-state index contributed by atoms with van der Waals surface area (Å²) in [6.07, 6.45) is 1.80. The number of anilines is 1. The largest absolute Gasteiger partial charge is 0.341 e. The Hall–Kier alpha value is -2.80. The van der Waals surface area contributed by atoms with Crippen molar-refractivity contribution in [3.8, 4) is 0 Å². The number of rotatable bonds is 5. The molecule has 0 aliphatic rings. The molecule has 0 saturated carbocycles. The molecule has 2 aromatic heterocycles. The summed E-state index contributed by atoms with van der Waals surface area (Å²) in [5, 5.41) is 0.616. The molecule has 7 nitrogen and oxygen atoms in total. The minimum absolute atomic E-state index is 0.342. The molecule has 1 aromatic carbocycles. The number of H-pyrrole nitrogens is 1. The summed E-state index contributed by atoms with van der Waals surface area (Å²) in [4.78, 5) is 33.2. The molecule has 1 N–H and O–H groups in total. The predicted molar refractivity (Wildman–Crippen MR) is 104 cm³/mol. The zero-order chi connectivity index (χ0) is 18.8. The fourth-order valence-electron chi connectivity index (χ4n) is 2.83. The van der Waals surface area contributed by atoms with E-state index in [1.165, 1.54) is 4.57 Å². The van der Waals surface area contributed by atoms with E-state index in [4.69, 9.17) is 11.6 Å². The van der Waals surface area contributed by atoms with Crippen LogP contribution in [0, 0.1) is 0 Å². The number of nitrogens with zero attached hydrogens (tertiary/aromatic N) is 4. The van der Waals surface area contributed by atoms with Gasteiger partial charge in [-0.3, -0.25) is 14.3 Å². The van der Waals surface area contributed by atoms with Crippen molar-refractivity contribution in [1.82, 2.24) is 19.1 Å². The summed E-state index contributed by atoms with van der Waals surface area (Å²) >= 11 is 5.98. The fourth-order valence-corrected chi connectivity index (χ4v) is 2.90.